The molecule has 19 heavy (non-hydrogen) atoms. The fraction of sp³-hybridized carbons (Fsp3) is 0.571. The molecule has 0 fully saturated rings. The molecule has 1 unspecified atom stereocenters. The van der Waals surface area contributed by atoms with Gasteiger partial charge in [0.1, 0.15) is 5.82 Å². The van der Waals surface area contributed by atoms with E-state index in [1.807, 2.05) is 27.7 Å². The highest BCUT2D eigenvalue weighted by atomic mass is 16.5. The third kappa shape index (κ3) is 4.52. The Morgan fingerprint density at radius 2 is 2.11 bits per heavy atom. The minimum absolute atomic E-state index is 0.0229. The Labute approximate surface area is 114 Å². The molecule has 106 valence electrons. The predicted octanol–water partition coefficient (Wildman–Crippen LogP) is 1.73. The van der Waals surface area contributed by atoms with Crippen molar-refractivity contribution in [2.75, 3.05) is 19.4 Å². The second-order valence-electron chi connectivity index (χ2n) is 5.67. The lowest BCUT2D eigenvalue weighted by molar-refractivity contribution is 0.0870. The molecule has 0 bridgehead atoms. The Morgan fingerprint density at radius 3 is 2.63 bits per heavy atom. The molecule has 5 heteroatoms. The summed E-state index contributed by atoms with van der Waals surface area (Å²) in [4.78, 5) is 16.3. The molecule has 1 rings (SSSR count). The van der Waals surface area contributed by atoms with Crippen LogP contribution in [0.4, 0.5) is 5.82 Å². The molecule has 1 amide bonds. The highest BCUT2D eigenvalue weighted by molar-refractivity contribution is 5.95. The Hall–Kier alpha value is -1.62. The summed E-state index contributed by atoms with van der Waals surface area (Å²) in [5.41, 5.74) is 6.94. The van der Waals surface area contributed by atoms with Crippen molar-refractivity contribution in [2.45, 2.75) is 39.2 Å². The van der Waals surface area contributed by atoms with E-state index >= 15 is 0 Å². The normalized spacial score (nSPS) is 13.1. The predicted molar refractivity (Wildman–Crippen MR) is 76.2 cm³/mol. The average molecular weight is 265 g/mol. The van der Waals surface area contributed by atoms with E-state index in [0.29, 0.717) is 17.9 Å². The number of hydrogen-bond acceptors (Lipinski definition) is 4. The van der Waals surface area contributed by atoms with Gasteiger partial charge >= 0.3 is 0 Å². The van der Waals surface area contributed by atoms with Gasteiger partial charge in [-0.15, -0.1) is 0 Å². The van der Waals surface area contributed by atoms with Crippen LogP contribution >= 0.6 is 0 Å². The minimum atomic E-state index is -0.163. The van der Waals surface area contributed by atoms with Gasteiger partial charge in [0.15, 0.2) is 0 Å². The van der Waals surface area contributed by atoms with E-state index in [9.17, 15) is 4.79 Å². The monoisotopic (exact) mass is 265 g/mol. The topological polar surface area (TPSA) is 77.2 Å². The summed E-state index contributed by atoms with van der Waals surface area (Å²) in [5, 5.41) is 2.81. The number of carbonyl (C=O) groups excluding carboxylic acids is 1. The highest BCUT2D eigenvalue weighted by Crippen LogP contribution is 2.22. The largest absolute Gasteiger partial charge is 0.384 e. The van der Waals surface area contributed by atoms with Crippen LogP contribution in [0.1, 0.15) is 43.7 Å². The van der Waals surface area contributed by atoms with Gasteiger partial charge in [0.2, 0.25) is 0 Å². The summed E-state index contributed by atoms with van der Waals surface area (Å²) < 4.78 is 5.09. The van der Waals surface area contributed by atoms with Crippen molar-refractivity contribution in [1.29, 1.82) is 0 Å². The molecule has 3 N–H and O–H groups in total. The SMILES string of the molecule is COC(C)CNC(=O)c1cc(N)nc(C(C)(C)C)c1. The first-order valence-corrected chi connectivity index (χ1v) is 6.33. The lowest BCUT2D eigenvalue weighted by atomic mass is 9.90. The van der Waals surface area contributed by atoms with Gasteiger partial charge in [0.25, 0.3) is 5.91 Å². The molecule has 1 atom stereocenters. The van der Waals surface area contributed by atoms with Crippen molar-refractivity contribution in [3.63, 3.8) is 0 Å². The van der Waals surface area contributed by atoms with E-state index in [4.69, 9.17) is 10.5 Å². The average Bonchev–Trinajstić information content (AvgIpc) is 2.33. The summed E-state index contributed by atoms with van der Waals surface area (Å²) in [5.74, 6) is 0.195. The second-order valence-corrected chi connectivity index (χ2v) is 5.67. The number of rotatable bonds is 4. The molecule has 0 aromatic carbocycles. The van der Waals surface area contributed by atoms with Crippen LogP contribution < -0.4 is 11.1 Å². The summed E-state index contributed by atoms with van der Waals surface area (Å²) >= 11 is 0. The molecular weight excluding hydrogens is 242 g/mol. The Morgan fingerprint density at radius 1 is 1.47 bits per heavy atom. The minimum Gasteiger partial charge on any atom is -0.384 e. The maximum absolute atomic E-state index is 12.0. The number of nitrogens with two attached hydrogens (primary N) is 1. The van der Waals surface area contributed by atoms with Crippen molar-refractivity contribution >= 4 is 11.7 Å². The molecule has 0 spiro atoms. The van der Waals surface area contributed by atoms with Gasteiger partial charge in [0.05, 0.1) is 6.10 Å². The van der Waals surface area contributed by atoms with Crippen molar-refractivity contribution in [3.8, 4) is 0 Å². The Balaban J connectivity index is 2.89. The number of methoxy groups -OCH3 is 1. The van der Waals surface area contributed by atoms with Gasteiger partial charge in [-0.1, -0.05) is 20.8 Å². The number of amides is 1. The molecule has 5 nitrogen and oxygen atoms in total. The van der Waals surface area contributed by atoms with E-state index in [2.05, 4.69) is 10.3 Å². The van der Waals surface area contributed by atoms with Gasteiger partial charge in [-0.3, -0.25) is 4.79 Å². The van der Waals surface area contributed by atoms with E-state index in [1.54, 1.807) is 19.2 Å². The summed E-state index contributed by atoms with van der Waals surface area (Å²) in [6, 6.07) is 3.37. The maximum atomic E-state index is 12.0. The van der Waals surface area contributed by atoms with Crippen LogP contribution in [0.2, 0.25) is 0 Å². The van der Waals surface area contributed by atoms with E-state index in [1.165, 1.54) is 0 Å². The van der Waals surface area contributed by atoms with Crippen LogP contribution in [0, 0.1) is 0 Å². The molecule has 0 aliphatic rings. The van der Waals surface area contributed by atoms with Crippen molar-refractivity contribution in [2.24, 2.45) is 0 Å². The summed E-state index contributed by atoms with van der Waals surface area (Å²) in [6.07, 6.45) is -0.0229. The zero-order valence-corrected chi connectivity index (χ0v) is 12.3. The van der Waals surface area contributed by atoms with Gasteiger partial charge in [-0.05, 0) is 19.1 Å². The maximum Gasteiger partial charge on any atom is 0.251 e. The van der Waals surface area contributed by atoms with E-state index in [0.717, 1.165) is 5.69 Å². The fourth-order valence-electron chi connectivity index (χ4n) is 1.49. The summed E-state index contributed by atoms with van der Waals surface area (Å²) in [7, 11) is 1.61. The van der Waals surface area contributed by atoms with Crippen LogP contribution in [0.5, 0.6) is 0 Å². The number of nitrogens with zero attached hydrogens (tertiary/aromatic N) is 1. The molecule has 0 aliphatic carbocycles. The molecule has 0 saturated carbocycles. The molecule has 1 aromatic heterocycles. The number of anilines is 1. The van der Waals surface area contributed by atoms with Gasteiger partial charge < -0.3 is 15.8 Å². The smallest absolute Gasteiger partial charge is 0.251 e. The summed E-state index contributed by atoms with van der Waals surface area (Å²) in [6.45, 7) is 8.44. The first-order chi connectivity index (χ1) is 8.74. The number of nitrogen functional groups attached to an aromatic ring is 1. The number of pyridine rings is 1. The zero-order valence-electron chi connectivity index (χ0n) is 12.3. The Bertz CT molecular complexity index is 452. The molecule has 1 aromatic rings. The third-order valence-electron chi connectivity index (χ3n) is 2.83. The lowest BCUT2D eigenvalue weighted by Gasteiger charge is -2.19. The van der Waals surface area contributed by atoms with E-state index < -0.39 is 0 Å². The number of aromatic nitrogens is 1. The van der Waals surface area contributed by atoms with Crippen molar-refractivity contribution in [3.05, 3.63) is 23.4 Å². The molecule has 0 radical (unpaired) electrons. The second kappa shape index (κ2) is 6.02. The number of hydrogen-bond donors (Lipinski definition) is 2. The van der Waals surface area contributed by atoms with Gasteiger partial charge in [-0.2, -0.15) is 0 Å². The molecular formula is C14H23N3O2. The number of nitrogens with one attached hydrogen (secondary N) is 1. The first kappa shape index (κ1) is 15.4. The zero-order chi connectivity index (χ0) is 14.6. The molecule has 0 saturated heterocycles. The lowest BCUT2D eigenvalue weighted by Crippen LogP contribution is -2.32. The third-order valence-corrected chi connectivity index (χ3v) is 2.83. The highest BCUT2D eigenvalue weighted by Gasteiger charge is 2.18. The Kier molecular flexibility index (Phi) is 4.89. The van der Waals surface area contributed by atoms with Gasteiger partial charge in [0, 0.05) is 30.3 Å². The van der Waals surface area contributed by atoms with Crippen LogP contribution in [0.15, 0.2) is 12.1 Å². The number of ether oxygens (including phenoxy) is 1. The van der Waals surface area contributed by atoms with Gasteiger partial charge in [-0.25, -0.2) is 4.98 Å². The molecule has 0 aliphatic heterocycles. The van der Waals surface area contributed by atoms with Crippen molar-refractivity contribution in [1.82, 2.24) is 10.3 Å². The first-order valence-electron chi connectivity index (χ1n) is 6.33. The molecule has 1 heterocycles. The van der Waals surface area contributed by atoms with Crippen LogP contribution in [-0.4, -0.2) is 30.6 Å². The van der Waals surface area contributed by atoms with Crippen LogP contribution in [0.3, 0.4) is 0 Å². The van der Waals surface area contributed by atoms with E-state index in [-0.39, 0.29) is 17.4 Å². The van der Waals surface area contributed by atoms with Crippen LogP contribution in [0.25, 0.3) is 0 Å². The number of carbonyl (C=O) groups is 1. The standard InChI is InChI=1S/C14H23N3O2/c1-9(19-5)8-16-13(18)10-6-11(14(2,3)4)17-12(15)7-10/h6-7,9H,8H2,1-5H3,(H2,15,17)(H,16,18). The quantitative estimate of drug-likeness (QED) is 0.869. The van der Waals surface area contributed by atoms with Crippen molar-refractivity contribution < 1.29 is 9.53 Å². The fourth-order valence-corrected chi connectivity index (χ4v) is 1.49. The van der Waals surface area contributed by atoms with Crippen LogP contribution in [-0.2, 0) is 10.2 Å².